The van der Waals surface area contributed by atoms with E-state index < -0.39 is 10.8 Å². The number of non-ortho nitro benzene ring substituents is 1. The largest absolute Gasteiger partial charge is 0.403 e. The molecular formula is C16H10Cl2N4O4. The number of carbonyl (C=O) groups excluding carboxylic acids is 1. The molecular weight excluding hydrogens is 383 g/mol. The number of hydrogen-bond donors (Lipinski definition) is 1. The normalized spacial score (nSPS) is 10.5. The Balaban J connectivity index is 1.66. The lowest BCUT2D eigenvalue weighted by atomic mass is 10.1. The number of nitro groups is 1. The number of halogens is 2. The van der Waals surface area contributed by atoms with E-state index in [1.807, 2.05) is 0 Å². The molecule has 3 rings (SSSR count). The Labute approximate surface area is 156 Å². The van der Waals surface area contributed by atoms with Crippen molar-refractivity contribution in [3.8, 4) is 11.5 Å². The van der Waals surface area contributed by atoms with Crippen molar-refractivity contribution in [3.05, 3.63) is 68.2 Å². The summed E-state index contributed by atoms with van der Waals surface area (Å²) >= 11 is 11.9. The van der Waals surface area contributed by atoms with Gasteiger partial charge in [0.2, 0.25) is 5.91 Å². The second kappa shape index (κ2) is 7.51. The van der Waals surface area contributed by atoms with Gasteiger partial charge >= 0.3 is 6.01 Å². The average molecular weight is 393 g/mol. The zero-order valence-electron chi connectivity index (χ0n) is 13.0. The van der Waals surface area contributed by atoms with E-state index in [9.17, 15) is 14.9 Å². The number of carbonyl (C=O) groups is 1. The fourth-order valence-electron chi connectivity index (χ4n) is 2.13. The van der Waals surface area contributed by atoms with Crippen LogP contribution in [0.1, 0.15) is 5.56 Å². The number of benzene rings is 2. The van der Waals surface area contributed by atoms with Crippen LogP contribution in [-0.4, -0.2) is 21.0 Å². The molecule has 1 N–H and O–H groups in total. The van der Waals surface area contributed by atoms with Gasteiger partial charge in [0.15, 0.2) is 0 Å². The maximum Gasteiger partial charge on any atom is 0.322 e. The third kappa shape index (κ3) is 4.16. The highest BCUT2D eigenvalue weighted by atomic mass is 35.5. The van der Waals surface area contributed by atoms with Crippen molar-refractivity contribution in [1.29, 1.82) is 0 Å². The molecule has 1 aromatic heterocycles. The minimum Gasteiger partial charge on any atom is -0.403 e. The van der Waals surface area contributed by atoms with Gasteiger partial charge in [-0.1, -0.05) is 40.4 Å². The number of nitrogens with zero attached hydrogens (tertiary/aromatic N) is 3. The summed E-state index contributed by atoms with van der Waals surface area (Å²) in [5.41, 5.74) is 1.04. The van der Waals surface area contributed by atoms with Crippen LogP contribution in [0.5, 0.6) is 0 Å². The van der Waals surface area contributed by atoms with E-state index in [0.717, 1.165) is 0 Å². The molecule has 0 saturated heterocycles. The van der Waals surface area contributed by atoms with Gasteiger partial charge in [0.25, 0.3) is 11.6 Å². The van der Waals surface area contributed by atoms with Crippen molar-refractivity contribution in [3.63, 3.8) is 0 Å². The summed E-state index contributed by atoms with van der Waals surface area (Å²) < 4.78 is 5.38. The third-order valence-corrected chi connectivity index (χ3v) is 3.89. The first kappa shape index (κ1) is 17.8. The van der Waals surface area contributed by atoms with Crippen molar-refractivity contribution in [2.75, 3.05) is 5.32 Å². The van der Waals surface area contributed by atoms with E-state index in [2.05, 4.69) is 15.5 Å². The molecule has 2 aromatic carbocycles. The van der Waals surface area contributed by atoms with Crippen molar-refractivity contribution in [1.82, 2.24) is 10.2 Å². The summed E-state index contributed by atoms with van der Waals surface area (Å²) in [4.78, 5) is 22.2. The fourth-order valence-corrected chi connectivity index (χ4v) is 2.62. The molecule has 1 amide bonds. The van der Waals surface area contributed by atoms with Gasteiger partial charge in [-0.3, -0.25) is 20.2 Å². The summed E-state index contributed by atoms with van der Waals surface area (Å²) in [5.74, 6) is -0.270. The molecule has 0 unspecified atom stereocenters. The van der Waals surface area contributed by atoms with E-state index in [0.29, 0.717) is 21.2 Å². The molecule has 0 bridgehead atoms. The minimum atomic E-state index is -0.508. The average Bonchev–Trinajstić information content (AvgIpc) is 3.03. The maximum atomic E-state index is 12.0. The highest BCUT2D eigenvalue weighted by Crippen LogP contribution is 2.30. The van der Waals surface area contributed by atoms with E-state index >= 15 is 0 Å². The molecule has 0 aliphatic rings. The van der Waals surface area contributed by atoms with Crippen LogP contribution in [0.2, 0.25) is 10.0 Å². The van der Waals surface area contributed by atoms with E-state index in [1.165, 1.54) is 30.3 Å². The Morgan fingerprint density at radius 2 is 1.88 bits per heavy atom. The van der Waals surface area contributed by atoms with Crippen molar-refractivity contribution < 1.29 is 14.1 Å². The van der Waals surface area contributed by atoms with Crippen molar-refractivity contribution in [2.24, 2.45) is 0 Å². The number of hydrogen-bond acceptors (Lipinski definition) is 6. The van der Waals surface area contributed by atoms with Gasteiger partial charge in [-0.25, -0.2) is 0 Å². The smallest absolute Gasteiger partial charge is 0.322 e. The van der Waals surface area contributed by atoms with Gasteiger partial charge in [-0.05, 0) is 23.8 Å². The summed E-state index contributed by atoms with van der Waals surface area (Å²) in [7, 11) is 0. The van der Waals surface area contributed by atoms with E-state index in [-0.39, 0.29) is 24.0 Å². The van der Waals surface area contributed by atoms with Gasteiger partial charge in [0.1, 0.15) is 0 Å². The van der Waals surface area contributed by atoms with E-state index in [4.69, 9.17) is 27.6 Å². The second-order valence-corrected chi connectivity index (χ2v) is 6.03. The SMILES string of the molecule is O=C(Cc1ccc([N+](=O)[O-])cc1)Nc1nnc(-c2ccc(Cl)cc2Cl)o1. The topological polar surface area (TPSA) is 111 Å². The van der Waals surface area contributed by atoms with Crippen molar-refractivity contribution >= 4 is 40.8 Å². The molecule has 0 saturated carbocycles. The molecule has 10 heteroatoms. The lowest BCUT2D eigenvalue weighted by Gasteiger charge is -2.01. The lowest BCUT2D eigenvalue weighted by molar-refractivity contribution is -0.384. The quantitative estimate of drug-likeness (QED) is 0.515. The Morgan fingerprint density at radius 3 is 2.54 bits per heavy atom. The summed E-state index contributed by atoms with van der Waals surface area (Å²) in [5, 5.41) is 21.5. The predicted molar refractivity (Wildman–Crippen MR) is 95.2 cm³/mol. The van der Waals surface area contributed by atoms with Crippen LogP contribution in [-0.2, 0) is 11.2 Å². The Hall–Kier alpha value is -2.97. The number of nitro benzene ring substituents is 1. The van der Waals surface area contributed by atoms with E-state index in [1.54, 1.807) is 12.1 Å². The molecule has 0 aliphatic carbocycles. The monoisotopic (exact) mass is 392 g/mol. The Kier molecular flexibility index (Phi) is 5.15. The van der Waals surface area contributed by atoms with Crippen LogP contribution < -0.4 is 5.32 Å². The summed E-state index contributed by atoms with van der Waals surface area (Å²) in [6, 6.07) is 10.4. The third-order valence-electron chi connectivity index (χ3n) is 3.34. The van der Waals surface area contributed by atoms with Gasteiger partial charge in [0.05, 0.1) is 21.9 Å². The van der Waals surface area contributed by atoms with Crippen LogP contribution in [0.3, 0.4) is 0 Å². The van der Waals surface area contributed by atoms with Crippen LogP contribution >= 0.6 is 23.2 Å². The molecule has 3 aromatic rings. The highest BCUT2D eigenvalue weighted by Gasteiger charge is 2.15. The Bertz CT molecular complexity index is 973. The molecule has 0 spiro atoms. The predicted octanol–water partition coefficient (Wildman–Crippen LogP) is 4.13. The highest BCUT2D eigenvalue weighted by molar-refractivity contribution is 6.36. The lowest BCUT2D eigenvalue weighted by Crippen LogP contribution is -2.14. The standard InChI is InChI=1S/C16H10Cl2N4O4/c17-10-3-6-12(13(18)8-10)15-20-21-16(26-15)19-14(23)7-9-1-4-11(5-2-9)22(24)25/h1-6,8H,7H2,(H,19,21,23). The van der Waals surface area contributed by atoms with Gasteiger partial charge < -0.3 is 4.42 Å². The van der Waals surface area contributed by atoms with Crippen LogP contribution in [0.15, 0.2) is 46.9 Å². The molecule has 8 nitrogen and oxygen atoms in total. The molecule has 0 radical (unpaired) electrons. The van der Waals surface area contributed by atoms with Crippen molar-refractivity contribution in [2.45, 2.75) is 6.42 Å². The number of amides is 1. The molecule has 1 heterocycles. The number of aromatic nitrogens is 2. The minimum absolute atomic E-state index is 0.00257. The first-order valence-electron chi connectivity index (χ1n) is 7.24. The molecule has 0 fully saturated rings. The van der Waals surface area contributed by atoms with Crippen LogP contribution in [0.25, 0.3) is 11.5 Å². The number of nitrogens with one attached hydrogen (secondary N) is 1. The second-order valence-electron chi connectivity index (χ2n) is 5.19. The number of rotatable bonds is 5. The summed E-state index contributed by atoms with van der Waals surface area (Å²) in [6.07, 6.45) is -0.00257. The van der Waals surface area contributed by atoms with Crippen LogP contribution in [0, 0.1) is 10.1 Å². The van der Waals surface area contributed by atoms with Gasteiger partial charge in [-0.2, -0.15) is 0 Å². The first-order chi connectivity index (χ1) is 12.4. The van der Waals surface area contributed by atoms with Gasteiger partial charge in [-0.15, -0.1) is 5.10 Å². The number of anilines is 1. The molecule has 132 valence electrons. The van der Waals surface area contributed by atoms with Crippen LogP contribution in [0.4, 0.5) is 11.7 Å². The molecule has 26 heavy (non-hydrogen) atoms. The fraction of sp³-hybridized carbons (Fsp3) is 0.0625. The van der Waals surface area contributed by atoms with Gasteiger partial charge in [0, 0.05) is 17.2 Å². The maximum absolute atomic E-state index is 12.0. The molecule has 0 aliphatic heterocycles. The molecule has 0 atom stereocenters. The zero-order chi connectivity index (χ0) is 18.7. The zero-order valence-corrected chi connectivity index (χ0v) is 14.5. The first-order valence-corrected chi connectivity index (χ1v) is 8.00. The Morgan fingerprint density at radius 1 is 1.15 bits per heavy atom. The summed E-state index contributed by atoms with van der Waals surface area (Å²) in [6.45, 7) is 0.